The molecule has 144 valence electrons. The molecule has 0 aliphatic rings. The topological polar surface area (TPSA) is 119 Å². The van der Waals surface area contributed by atoms with Crippen LogP contribution in [0.15, 0.2) is 48.5 Å². The van der Waals surface area contributed by atoms with E-state index in [1.807, 2.05) is 6.07 Å². The predicted molar refractivity (Wildman–Crippen MR) is 101 cm³/mol. The van der Waals surface area contributed by atoms with Gasteiger partial charge < -0.3 is 26.0 Å². The fourth-order valence-corrected chi connectivity index (χ4v) is 2.59. The van der Waals surface area contributed by atoms with Gasteiger partial charge in [0.2, 0.25) is 0 Å². The largest absolute Gasteiger partial charge is 0.504 e. The molecule has 1 unspecified atom stereocenters. The number of hydrogen-bond donors (Lipinski definition) is 5. The van der Waals surface area contributed by atoms with E-state index in [-0.39, 0.29) is 29.9 Å². The molecule has 0 saturated heterocycles. The number of carbonyl (C=O) groups is 2. The zero-order valence-electron chi connectivity index (χ0n) is 14.9. The maximum absolute atomic E-state index is 12.1. The molecule has 0 heterocycles. The average molecular weight is 372 g/mol. The fraction of sp³-hybridized carbons (Fsp3) is 0.300. The van der Waals surface area contributed by atoms with Crippen LogP contribution in [0, 0.1) is 0 Å². The number of phenols is 2. The van der Waals surface area contributed by atoms with E-state index in [1.54, 1.807) is 24.3 Å². The minimum atomic E-state index is -0.473. The summed E-state index contributed by atoms with van der Waals surface area (Å²) in [6, 6.07) is 12.6. The van der Waals surface area contributed by atoms with Crippen LogP contribution in [0.4, 0.5) is 0 Å². The van der Waals surface area contributed by atoms with Gasteiger partial charge in [0.1, 0.15) is 0 Å². The van der Waals surface area contributed by atoms with Gasteiger partial charge in [-0.15, -0.1) is 0 Å². The van der Waals surface area contributed by atoms with E-state index in [0.717, 1.165) is 0 Å². The number of aliphatic hydroxyl groups is 1. The number of benzene rings is 2. The summed E-state index contributed by atoms with van der Waals surface area (Å²) in [7, 11) is 0. The van der Waals surface area contributed by atoms with Crippen molar-refractivity contribution in [3.05, 3.63) is 59.7 Å². The van der Waals surface area contributed by atoms with Crippen molar-refractivity contribution in [1.29, 1.82) is 0 Å². The molecule has 0 aliphatic carbocycles. The van der Waals surface area contributed by atoms with E-state index >= 15 is 0 Å². The van der Waals surface area contributed by atoms with Crippen LogP contribution in [-0.2, 0) is 0 Å². The lowest BCUT2D eigenvalue weighted by Gasteiger charge is -2.16. The molecule has 0 saturated carbocycles. The Morgan fingerprint density at radius 2 is 1.67 bits per heavy atom. The monoisotopic (exact) mass is 372 g/mol. The second kappa shape index (κ2) is 10.2. The molecule has 27 heavy (non-hydrogen) atoms. The number of amides is 2. The lowest BCUT2D eigenvalue weighted by atomic mass is 10.1. The van der Waals surface area contributed by atoms with Crippen LogP contribution in [0.5, 0.6) is 11.5 Å². The Balaban J connectivity index is 1.71. The van der Waals surface area contributed by atoms with E-state index in [1.165, 1.54) is 18.2 Å². The van der Waals surface area contributed by atoms with Crippen molar-refractivity contribution in [2.75, 3.05) is 13.2 Å². The first-order valence-electron chi connectivity index (χ1n) is 8.79. The van der Waals surface area contributed by atoms with Gasteiger partial charge in [0.05, 0.1) is 18.2 Å². The normalized spacial score (nSPS) is 11.6. The van der Waals surface area contributed by atoms with Crippen LogP contribution in [0.3, 0.4) is 0 Å². The van der Waals surface area contributed by atoms with E-state index in [0.29, 0.717) is 31.4 Å². The van der Waals surface area contributed by atoms with Gasteiger partial charge in [-0.3, -0.25) is 9.59 Å². The molecule has 2 amide bonds. The van der Waals surface area contributed by atoms with Crippen molar-refractivity contribution in [2.24, 2.45) is 0 Å². The number of rotatable bonds is 9. The predicted octanol–water partition coefficient (Wildman–Crippen LogP) is 1.79. The minimum Gasteiger partial charge on any atom is -0.504 e. The summed E-state index contributed by atoms with van der Waals surface area (Å²) >= 11 is 0. The van der Waals surface area contributed by atoms with Crippen LogP contribution in [0.25, 0.3) is 0 Å². The average Bonchev–Trinajstić information content (AvgIpc) is 2.69. The highest BCUT2D eigenvalue weighted by Crippen LogP contribution is 2.27. The number of unbranched alkanes of at least 4 members (excludes halogenated alkanes) is 1. The van der Waals surface area contributed by atoms with Crippen LogP contribution < -0.4 is 10.6 Å². The lowest BCUT2D eigenvalue weighted by Crippen LogP contribution is -2.37. The summed E-state index contributed by atoms with van der Waals surface area (Å²) in [5.41, 5.74) is 0.549. The Bertz CT molecular complexity index is 764. The van der Waals surface area contributed by atoms with Crippen LogP contribution >= 0.6 is 0 Å². The van der Waals surface area contributed by atoms with Gasteiger partial charge >= 0.3 is 0 Å². The third-order valence-corrected chi connectivity index (χ3v) is 4.12. The molecule has 7 heteroatoms. The quantitative estimate of drug-likeness (QED) is 0.340. The van der Waals surface area contributed by atoms with E-state index in [2.05, 4.69) is 10.6 Å². The maximum atomic E-state index is 12.1. The number of aromatic hydroxyl groups is 2. The number of aliphatic hydroxyl groups excluding tert-OH is 1. The molecule has 0 fully saturated rings. The number of hydrogen-bond acceptors (Lipinski definition) is 5. The molecule has 0 aliphatic heterocycles. The number of para-hydroxylation sites is 1. The molecule has 5 N–H and O–H groups in total. The Hall–Kier alpha value is -3.06. The highest BCUT2D eigenvalue weighted by Gasteiger charge is 2.14. The molecule has 7 nitrogen and oxygen atoms in total. The Labute approximate surface area is 157 Å². The standard InChI is InChI=1S/C20H24N2O5/c23-13-15(22-19(26)14-7-2-1-3-8-14)9-4-5-12-21-20(27)16-10-6-11-17(24)18(16)25/h1-3,6-8,10-11,15,23-25H,4-5,9,12-13H2,(H,21,27)(H,22,26). The summed E-state index contributed by atoms with van der Waals surface area (Å²) < 4.78 is 0. The molecule has 2 rings (SSSR count). The number of phenolic OH excluding ortho intramolecular Hbond substituents is 2. The fourth-order valence-electron chi connectivity index (χ4n) is 2.59. The first-order valence-corrected chi connectivity index (χ1v) is 8.79. The molecule has 0 radical (unpaired) electrons. The Morgan fingerprint density at radius 1 is 0.926 bits per heavy atom. The summed E-state index contributed by atoms with van der Waals surface area (Å²) in [5, 5.41) is 34.0. The SMILES string of the molecule is O=C(NC(CO)CCCCNC(=O)c1cccc(O)c1O)c1ccccc1. The first-order chi connectivity index (χ1) is 13.0. The van der Waals surface area contributed by atoms with E-state index < -0.39 is 11.7 Å². The number of carbonyl (C=O) groups excluding carboxylic acids is 2. The molecule has 2 aromatic rings. The Kier molecular flexibility index (Phi) is 7.63. The summed E-state index contributed by atoms with van der Waals surface area (Å²) in [4.78, 5) is 24.1. The van der Waals surface area contributed by atoms with Crippen LogP contribution in [0.2, 0.25) is 0 Å². The van der Waals surface area contributed by atoms with E-state index in [9.17, 15) is 24.9 Å². The van der Waals surface area contributed by atoms with Crippen molar-refractivity contribution >= 4 is 11.8 Å². The van der Waals surface area contributed by atoms with E-state index in [4.69, 9.17) is 0 Å². The van der Waals surface area contributed by atoms with Crippen LogP contribution in [-0.4, -0.2) is 46.3 Å². The molecule has 0 spiro atoms. The first kappa shape index (κ1) is 20.3. The smallest absolute Gasteiger partial charge is 0.255 e. The summed E-state index contributed by atoms with van der Waals surface area (Å²) in [6.45, 7) is 0.209. The molecule has 2 aromatic carbocycles. The van der Waals surface area contributed by atoms with Gasteiger partial charge in [-0.25, -0.2) is 0 Å². The highest BCUT2D eigenvalue weighted by atomic mass is 16.3. The summed E-state index contributed by atoms with van der Waals surface area (Å²) in [6.07, 6.45) is 1.90. The van der Waals surface area contributed by atoms with Gasteiger partial charge in [0, 0.05) is 12.1 Å². The third kappa shape index (κ3) is 6.00. The Morgan fingerprint density at radius 3 is 2.37 bits per heavy atom. The molecular formula is C20H24N2O5. The maximum Gasteiger partial charge on any atom is 0.255 e. The van der Waals surface area contributed by atoms with Crippen molar-refractivity contribution in [1.82, 2.24) is 10.6 Å². The van der Waals surface area contributed by atoms with Crippen molar-refractivity contribution < 1.29 is 24.9 Å². The van der Waals surface area contributed by atoms with Gasteiger partial charge in [0.15, 0.2) is 11.5 Å². The van der Waals surface area contributed by atoms with Gasteiger partial charge in [-0.2, -0.15) is 0 Å². The van der Waals surface area contributed by atoms with Gasteiger partial charge in [0.25, 0.3) is 11.8 Å². The second-order valence-corrected chi connectivity index (χ2v) is 6.14. The molecular weight excluding hydrogens is 348 g/mol. The molecule has 0 bridgehead atoms. The van der Waals surface area contributed by atoms with Crippen molar-refractivity contribution in [2.45, 2.75) is 25.3 Å². The van der Waals surface area contributed by atoms with Gasteiger partial charge in [-0.05, 0) is 43.5 Å². The molecule has 1 atom stereocenters. The highest BCUT2D eigenvalue weighted by molar-refractivity contribution is 5.97. The zero-order chi connectivity index (χ0) is 19.6. The van der Waals surface area contributed by atoms with Gasteiger partial charge in [-0.1, -0.05) is 24.3 Å². The third-order valence-electron chi connectivity index (χ3n) is 4.12. The lowest BCUT2D eigenvalue weighted by molar-refractivity contribution is 0.0912. The molecule has 0 aromatic heterocycles. The summed E-state index contributed by atoms with van der Waals surface area (Å²) in [5.74, 6) is -1.50. The second-order valence-electron chi connectivity index (χ2n) is 6.14. The zero-order valence-corrected chi connectivity index (χ0v) is 14.9. The minimum absolute atomic E-state index is 0.0124. The van der Waals surface area contributed by atoms with Crippen molar-refractivity contribution in [3.8, 4) is 11.5 Å². The van der Waals surface area contributed by atoms with Crippen molar-refractivity contribution in [3.63, 3.8) is 0 Å². The van der Waals surface area contributed by atoms with Crippen LogP contribution in [0.1, 0.15) is 40.0 Å². The number of nitrogens with one attached hydrogen (secondary N) is 2.